The molecule has 19 heavy (non-hydrogen) atoms. The van der Waals surface area contributed by atoms with Crippen LogP contribution in [0.4, 0.5) is 17.6 Å². The van der Waals surface area contributed by atoms with E-state index in [0.717, 1.165) is 4.90 Å². The van der Waals surface area contributed by atoms with Crippen LogP contribution in [0.3, 0.4) is 0 Å². The van der Waals surface area contributed by atoms with Gasteiger partial charge in [0, 0.05) is 11.4 Å². The number of rotatable bonds is 3. The number of nitrogens with zero attached hydrogens (tertiary/aromatic N) is 1. The summed E-state index contributed by atoms with van der Waals surface area (Å²) < 4.78 is 49.4. The zero-order valence-electron chi connectivity index (χ0n) is 9.78. The Morgan fingerprint density at radius 2 is 1.89 bits per heavy atom. The predicted molar refractivity (Wildman–Crippen MR) is 63.3 cm³/mol. The quantitative estimate of drug-likeness (QED) is 0.798. The van der Waals surface area contributed by atoms with Crippen LogP contribution >= 0.6 is 11.8 Å². The number of hydrogen-bond donors (Lipinski definition) is 0. The monoisotopic (exact) mass is 293 g/mol. The van der Waals surface area contributed by atoms with Crippen molar-refractivity contribution >= 4 is 17.7 Å². The van der Waals surface area contributed by atoms with E-state index in [4.69, 9.17) is 0 Å². The summed E-state index contributed by atoms with van der Waals surface area (Å²) >= 11 is 1.17. The molecule has 1 aromatic carbocycles. The number of thioether (sulfide) groups is 1. The summed E-state index contributed by atoms with van der Waals surface area (Å²) in [5.74, 6) is -0.896. The topological polar surface area (TPSA) is 20.3 Å². The molecule has 104 valence electrons. The summed E-state index contributed by atoms with van der Waals surface area (Å²) in [7, 11) is 0. The third kappa shape index (κ3) is 3.86. The summed E-state index contributed by atoms with van der Waals surface area (Å²) in [4.78, 5) is 13.3. The number of amides is 1. The van der Waals surface area contributed by atoms with Gasteiger partial charge in [-0.1, -0.05) is 0 Å². The van der Waals surface area contributed by atoms with E-state index in [9.17, 15) is 22.4 Å². The minimum Gasteiger partial charge on any atom is -0.333 e. The average Bonchev–Trinajstić information content (AvgIpc) is 2.63. The highest BCUT2D eigenvalue weighted by Gasteiger charge is 2.39. The summed E-state index contributed by atoms with van der Waals surface area (Å²) in [6.45, 7) is -1.09. The number of hydrogen-bond acceptors (Lipinski definition) is 2. The van der Waals surface area contributed by atoms with Gasteiger partial charge in [0.15, 0.2) is 0 Å². The van der Waals surface area contributed by atoms with Crippen molar-refractivity contribution in [3.05, 3.63) is 30.1 Å². The number of carbonyl (C=O) groups excluding carboxylic acids is 1. The van der Waals surface area contributed by atoms with E-state index in [2.05, 4.69) is 0 Å². The van der Waals surface area contributed by atoms with Crippen molar-refractivity contribution in [3.63, 3.8) is 0 Å². The second kappa shape index (κ2) is 5.40. The van der Waals surface area contributed by atoms with Crippen LogP contribution in [-0.2, 0) is 4.79 Å². The number of benzene rings is 1. The van der Waals surface area contributed by atoms with Gasteiger partial charge in [-0.3, -0.25) is 4.79 Å². The lowest BCUT2D eigenvalue weighted by Crippen LogP contribution is -2.36. The van der Waals surface area contributed by atoms with E-state index >= 15 is 0 Å². The zero-order valence-corrected chi connectivity index (χ0v) is 10.6. The molecule has 0 saturated carbocycles. The summed E-state index contributed by atoms with van der Waals surface area (Å²) in [5.41, 5.74) is 0. The fraction of sp³-hybridized carbons (Fsp3) is 0.417. The first-order valence-electron chi connectivity index (χ1n) is 5.63. The van der Waals surface area contributed by atoms with Gasteiger partial charge in [-0.05, 0) is 30.7 Å². The van der Waals surface area contributed by atoms with Crippen molar-refractivity contribution in [2.24, 2.45) is 0 Å². The Bertz CT molecular complexity index is 460. The van der Waals surface area contributed by atoms with E-state index in [-0.39, 0.29) is 12.4 Å². The normalized spacial score (nSPS) is 20.1. The molecule has 1 unspecified atom stereocenters. The molecule has 0 bridgehead atoms. The first-order valence-corrected chi connectivity index (χ1v) is 6.51. The zero-order chi connectivity index (χ0) is 14.0. The number of likely N-dealkylation sites (tertiary alicyclic amines) is 1. The van der Waals surface area contributed by atoms with Gasteiger partial charge in [-0.2, -0.15) is 13.2 Å². The molecule has 2 nitrogen and oxygen atoms in total. The maximum absolute atomic E-state index is 12.7. The molecule has 1 heterocycles. The Labute approximate surface area is 111 Å². The van der Waals surface area contributed by atoms with Crippen LogP contribution in [-0.4, -0.2) is 35.3 Å². The molecule has 1 fully saturated rings. The Morgan fingerprint density at radius 3 is 2.47 bits per heavy atom. The Morgan fingerprint density at radius 1 is 1.26 bits per heavy atom. The Hall–Kier alpha value is -1.24. The van der Waals surface area contributed by atoms with Crippen LogP contribution in [0.15, 0.2) is 29.2 Å². The highest BCUT2D eigenvalue weighted by Crippen LogP contribution is 2.32. The van der Waals surface area contributed by atoms with E-state index in [1.807, 2.05) is 0 Å². The van der Waals surface area contributed by atoms with E-state index < -0.39 is 23.9 Å². The van der Waals surface area contributed by atoms with Gasteiger partial charge >= 0.3 is 6.18 Å². The standard InChI is InChI=1S/C12H11F4NOS/c13-8-1-3-9(4-2-8)19-10-5-6-17(11(10)18)7-12(14,15)16/h1-4,10H,5-7H2. The lowest BCUT2D eigenvalue weighted by molar-refractivity contribution is -0.157. The largest absolute Gasteiger partial charge is 0.406 e. The molecule has 2 rings (SSSR count). The average molecular weight is 293 g/mol. The van der Waals surface area contributed by atoms with Gasteiger partial charge in [-0.15, -0.1) is 11.8 Å². The number of halogens is 4. The van der Waals surface area contributed by atoms with Crippen molar-refractivity contribution in [3.8, 4) is 0 Å². The van der Waals surface area contributed by atoms with Crippen LogP contribution in [0.2, 0.25) is 0 Å². The van der Waals surface area contributed by atoms with Crippen LogP contribution in [0.1, 0.15) is 6.42 Å². The van der Waals surface area contributed by atoms with Gasteiger partial charge in [0.1, 0.15) is 12.4 Å². The van der Waals surface area contributed by atoms with Crippen LogP contribution in [0.5, 0.6) is 0 Å². The summed E-state index contributed by atoms with van der Waals surface area (Å²) in [6.07, 6.45) is -4.00. The molecule has 0 aromatic heterocycles. The molecule has 0 N–H and O–H groups in total. The van der Waals surface area contributed by atoms with Crippen LogP contribution in [0.25, 0.3) is 0 Å². The first-order chi connectivity index (χ1) is 8.85. The Kier molecular flexibility index (Phi) is 4.03. The highest BCUT2D eigenvalue weighted by molar-refractivity contribution is 8.00. The molecule has 1 amide bonds. The maximum Gasteiger partial charge on any atom is 0.406 e. The fourth-order valence-electron chi connectivity index (χ4n) is 1.87. The first kappa shape index (κ1) is 14.2. The molecule has 0 radical (unpaired) electrons. The molecule has 0 aliphatic carbocycles. The molecule has 1 aromatic rings. The van der Waals surface area contributed by atoms with E-state index in [1.165, 1.54) is 36.0 Å². The van der Waals surface area contributed by atoms with E-state index in [1.54, 1.807) is 0 Å². The molecule has 7 heteroatoms. The fourth-order valence-corrected chi connectivity index (χ4v) is 2.97. The molecular weight excluding hydrogens is 282 g/mol. The summed E-state index contributed by atoms with van der Waals surface area (Å²) in [5, 5.41) is -0.521. The van der Waals surface area contributed by atoms with Crippen LogP contribution < -0.4 is 0 Å². The molecule has 1 aliphatic rings. The van der Waals surface area contributed by atoms with Crippen molar-refractivity contribution in [2.45, 2.75) is 22.7 Å². The third-order valence-corrected chi connectivity index (χ3v) is 3.98. The Balaban J connectivity index is 1.96. The number of alkyl halides is 3. The van der Waals surface area contributed by atoms with Crippen LogP contribution in [0, 0.1) is 5.82 Å². The van der Waals surface area contributed by atoms with Crippen molar-refractivity contribution in [1.29, 1.82) is 0 Å². The lowest BCUT2D eigenvalue weighted by atomic mass is 10.3. The van der Waals surface area contributed by atoms with Gasteiger partial charge in [0.05, 0.1) is 5.25 Å². The SMILES string of the molecule is O=C1C(Sc2ccc(F)cc2)CCN1CC(F)(F)F. The van der Waals surface area contributed by atoms with E-state index in [0.29, 0.717) is 11.3 Å². The predicted octanol–water partition coefficient (Wildman–Crippen LogP) is 3.08. The van der Waals surface area contributed by atoms with Gasteiger partial charge < -0.3 is 4.90 Å². The number of carbonyl (C=O) groups is 1. The minimum atomic E-state index is -4.37. The molecule has 0 spiro atoms. The van der Waals surface area contributed by atoms with Crippen molar-refractivity contribution in [1.82, 2.24) is 4.90 Å². The second-order valence-corrected chi connectivity index (χ2v) is 5.50. The van der Waals surface area contributed by atoms with Gasteiger partial charge in [0.25, 0.3) is 0 Å². The molecule has 1 saturated heterocycles. The second-order valence-electron chi connectivity index (χ2n) is 4.22. The maximum atomic E-state index is 12.7. The van der Waals surface area contributed by atoms with Crippen molar-refractivity contribution in [2.75, 3.05) is 13.1 Å². The van der Waals surface area contributed by atoms with Gasteiger partial charge in [-0.25, -0.2) is 4.39 Å². The van der Waals surface area contributed by atoms with Gasteiger partial charge in [0.2, 0.25) is 5.91 Å². The smallest absolute Gasteiger partial charge is 0.333 e. The molecule has 1 atom stereocenters. The third-order valence-electron chi connectivity index (χ3n) is 2.71. The highest BCUT2D eigenvalue weighted by atomic mass is 32.2. The summed E-state index contributed by atoms with van der Waals surface area (Å²) in [6, 6.07) is 5.55. The molecular formula is C12H11F4NOS. The lowest BCUT2D eigenvalue weighted by Gasteiger charge is -2.18. The molecule has 1 aliphatic heterocycles. The van der Waals surface area contributed by atoms with Crippen molar-refractivity contribution < 1.29 is 22.4 Å². The minimum absolute atomic E-state index is 0.108.